The third-order valence-electron chi connectivity index (χ3n) is 3.38. The van der Waals surface area contributed by atoms with E-state index in [4.69, 9.17) is 0 Å². The normalized spacial score (nSPS) is 14.8. The van der Waals surface area contributed by atoms with Crippen molar-refractivity contribution in [2.24, 2.45) is 0 Å². The lowest BCUT2D eigenvalue weighted by atomic mass is 10.1. The molecule has 100 valence electrons. The maximum Gasteiger partial charge on any atom is 0.128 e. The molecular formula is C15H18FN3. The van der Waals surface area contributed by atoms with Gasteiger partial charge in [0.15, 0.2) is 0 Å². The molecule has 19 heavy (non-hydrogen) atoms. The molecule has 0 amide bonds. The van der Waals surface area contributed by atoms with E-state index in [-0.39, 0.29) is 5.82 Å². The summed E-state index contributed by atoms with van der Waals surface area (Å²) < 4.78 is 15.6. The van der Waals surface area contributed by atoms with Crippen LogP contribution in [0.1, 0.15) is 29.5 Å². The first-order valence-electron chi connectivity index (χ1n) is 6.70. The molecule has 0 unspecified atom stereocenters. The summed E-state index contributed by atoms with van der Waals surface area (Å²) in [4.78, 5) is 0. The van der Waals surface area contributed by atoms with Crippen molar-refractivity contribution in [1.82, 2.24) is 15.1 Å². The van der Waals surface area contributed by atoms with Crippen LogP contribution in [0.2, 0.25) is 0 Å². The number of benzene rings is 1. The standard InChI is InChI=1S/C15H18FN3/c1-11-7-18-19(9-11)10-13-6-12(2-5-15(13)16)8-17-14-3-4-14/h2,5-7,9,14,17H,3-4,8,10H2,1H3. The molecule has 0 bridgehead atoms. The maximum absolute atomic E-state index is 13.8. The summed E-state index contributed by atoms with van der Waals surface area (Å²) in [5.74, 6) is -0.164. The van der Waals surface area contributed by atoms with Crippen molar-refractivity contribution in [2.75, 3.05) is 0 Å². The first-order valence-corrected chi connectivity index (χ1v) is 6.70. The topological polar surface area (TPSA) is 29.9 Å². The van der Waals surface area contributed by atoms with Gasteiger partial charge in [0.2, 0.25) is 0 Å². The lowest BCUT2D eigenvalue weighted by Gasteiger charge is -2.08. The summed E-state index contributed by atoms with van der Waals surface area (Å²) in [5, 5.41) is 7.64. The Kier molecular flexibility index (Phi) is 3.34. The molecule has 1 fully saturated rings. The summed E-state index contributed by atoms with van der Waals surface area (Å²) in [7, 11) is 0. The third kappa shape index (κ3) is 3.20. The first-order chi connectivity index (χ1) is 9.20. The molecule has 4 heteroatoms. The molecule has 1 aromatic heterocycles. The second-order valence-corrected chi connectivity index (χ2v) is 5.30. The fraction of sp³-hybridized carbons (Fsp3) is 0.400. The van der Waals surface area contributed by atoms with Crippen molar-refractivity contribution in [3.8, 4) is 0 Å². The van der Waals surface area contributed by atoms with Crippen LogP contribution in [0.25, 0.3) is 0 Å². The zero-order chi connectivity index (χ0) is 13.2. The van der Waals surface area contributed by atoms with E-state index in [1.54, 1.807) is 16.9 Å². The van der Waals surface area contributed by atoms with Gasteiger partial charge in [-0.1, -0.05) is 6.07 Å². The van der Waals surface area contributed by atoms with Gasteiger partial charge >= 0.3 is 0 Å². The molecule has 2 aromatic rings. The molecule has 0 aliphatic heterocycles. The van der Waals surface area contributed by atoms with Crippen molar-refractivity contribution in [2.45, 2.75) is 38.9 Å². The second kappa shape index (κ2) is 5.13. The Morgan fingerprint density at radius 1 is 1.42 bits per heavy atom. The van der Waals surface area contributed by atoms with Gasteiger partial charge in [0.05, 0.1) is 12.7 Å². The largest absolute Gasteiger partial charge is 0.310 e. The van der Waals surface area contributed by atoms with Crippen LogP contribution in [0.5, 0.6) is 0 Å². The van der Waals surface area contributed by atoms with E-state index in [0.29, 0.717) is 18.2 Å². The van der Waals surface area contributed by atoms with Gasteiger partial charge in [-0.2, -0.15) is 5.10 Å². The lowest BCUT2D eigenvalue weighted by molar-refractivity contribution is 0.582. The summed E-state index contributed by atoms with van der Waals surface area (Å²) in [6.07, 6.45) is 6.24. The smallest absolute Gasteiger partial charge is 0.128 e. The van der Waals surface area contributed by atoms with Crippen LogP contribution < -0.4 is 5.32 Å². The summed E-state index contributed by atoms with van der Waals surface area (Å²) in [6.45, 7) is 3.28. The predicted octanol–water partition coefficient (Wildman–Crippen LogP) is 2.63. The molecule has 1 heterocycles. The number of rotatable bonds is 5. The monoisotopic (exact) mass is 259 g/mol. The molecule has 1 saturated carbocycles. The van der Waals surface area contributed by atoms with Gasteiger partial charge in [-0.05, 0) is 43.0 Å². The fourth-order valence-electron chi connectivity index (χ4n) is 2.14. The maximum atomic E-state index is 13.8. The van der Waals surface area contributed by atoms with Crippen LogP contribution in [0.4, 0.5) is 4.39 Å². The quantitative estimate of drug-likeness (QED) is 0.894. The van der Waals surface area contributed by atoms with E-state index in [2.05, 4.69) is 10.4 Å². The Morgan fingerprint density at radius 2 is 2.26 bits per heavy atom. The van der Waals surface area contributed by atoms with E-state index >= 15 is 0 Å². The molecule has 1 N–H and O–H groups in total. The van der Waals surface area contributed by atoms with Crippen molar-refractivity contribution in [3.63, 3.8) is 0 Å². The lowest BCUT2D eigenvalue weighted by Crippen LogP contribution is -2.15. The highest BCUT2D eigenvalue weighted by molar-refractivity contribution is 5.25. The second-order valence-electron chi connectivity index (χ2n) is 5.30. The minimum absolute atomic E-state index is 0.164. The van der Waals surface area contributed by atoms with Crippen molar-refractivity contribution < 1.29 is 4.39 Å². The minimum atomic E-state index is -0.164. The van der Waals surface area contributed by atoms with Crippen LogP contribution in [-0.2, 0) is 13.1 Å². The highest BCUT2D eigenvalue weighted by atomic mass is 19.1. The molecule has 0 spiro atoms. The van der Waals surface area contributed by atoms with Gasteiger partial charge in [-0.3, -0.25) is 4.68 Å². The van der Waals surface area contributed by atoms with Gasteiger partial charge in [-0.25, -0.2) is 4.39 Å². The van der Waals surface area contributed by atoms with E-state index in [9.17, 15) is 4.39 Å². The molecule has 0 radical (unpaired) electrons. The number of aryl methyl sites for hydroxylation is 1. The van der Waals surface area contributed by atoms with Crippen molar-refractivity contribution in [3.05, 3.63) is 53.1 Å². The highest BCUT2D eigenvalue weighted by Crippen LogP contribution is 2.20. The van der Waals surface area contributed by atoms with E-state index < -0.39 is 0 Å². The number of aromatic nitrogens is 2. The average molecular weight is 259 g/mol. The molecule has 3 rings (SSSR count). The van der Waals surface area contributed by atoms with E-state index in [0.717, 1.165) is 17.7 Å². The Morgan fingerprint density at radius 3 is 2.95 bits per heavy atom. The molecule has 0 saturated heterocycles. The predicted molar refractivity (Wildman–Crippen MR) is 72.3 cm³/mol. The first kappa shape index (κ1) is 12.4. The summed E-state index contributed by atoms with van der Waals surface area (Å²) in [6, 6.07) is 6.00. The molecule has 1 aromatic carbocycles. The average Bonchev–Trinajstić information content (AvgIpc) is 3.13. The minimum Gasteiger partial charge on any atom is -0.310 e. The molecular weight excluding hydrogens is 241 g/mol. The SMILES string of the molecule is Cc1cnn(Cc2cc(CNC3CC3)ccc2F)c1. The number of nitrogens with zero attached hydrogens (tertiary/aromatic N) is 2. The van der Waals surface area contributed by atoms with Crippen LogP contribution in [0.3, 0.4) is 0 Å². The van der Waals surface area contributed by atoms with Gasteiger partial charge < -0.3 is 5.32 Å². The van der Waals surface area contributed by atoms with Crippen molar-refractivity contribution in [1.29, 1.82) is 0 Å². The van der Waals surface area contributed by atoms with Gasteiger partial charge in [0.1, 0.15) is 5.82 Å². The zero-order valence-electron chi connectivity index (χ0n) is 11.1. The Bertz CT molecular complexity index is 573. The van der Waals surface area contributed by atoms with E-state index in [1.165, 1.54) is 12.8 Å². The Hall–Kier alpha value is -1.68. The molecule has 1 aliphatic rings. The number of hydrogen-bond acceptors (Lipinski definition) is 2. The Labute approximate surface area is 112 Å². The van der Waals surface area contributed by atoms with Crippen molar-refractivity contribution >= 4 is 0 Å². The van der Waals surface area contributed by atoms with Gasteiger partial charge in [0.25, 0.3) is 0 Å². The van der Waals surface area contributed by atoms with Crippen LogP contribution in [-0.4, -0.2) is 15.8 Å². The van der Waals surface area contributed by atoms with E-state index in [1.807, 2.05) is 25.3 Å². The number of hydrogen-bond donors (Lipinski definition) is 1. The Balaban J connectivity index is 1.72. The van der Waals surface area contributed by atoms with Crippen LogP contribution >= 0.6 is 0 Å². The van der Waals surface area contributed by atoms with Gasteiger partial charge in [-0.15, -0.1) is 0 Å². The molecule has 3 nitrogen and oxygen atoms in total. The van der Waals surface area contributed by atoms with Crippen LogP contribution in [0, 0.1) is 12.7 Å². The highest BCUT2D eigenvalue weighted by Gasteiger charge is 2.20. The molecule has 1 aliphatic carbocycles. The summed E-state index contributed by atoms with van der Waals surface area (Å²) in [5.41, 5.74) is 2.91. The zero-order valence-corrected chi connectivity index (χ0v) is 11.1. The fourth-order valence-corrected chi connectivity index (χ4v) is 2.14. The van der Waals surface area contributed by atoms with Gasteiger partial charge in [0, 0.05) is 24.3 Å². The number of nitrogens with one attached hydrogen (secondary N) is 1. The van der Waals surface area contributed by atoms with Crippen LogP contribution in [0.15, 0.2) is 30.6 Å². The number of halogens is 1. The third-order valence-corrected chi connectivity index (χ3v) is 3.38. The summed E-state index contributed by atoms with van der Waals surface area (Å²) >= 11 is 0. The molecule has 0 atom stereocenters.